The number of anilines is 1. The van der Waals surface area contributed by atoms with E-state index < -0.39 is 5.82 Å². The van der Waals surface area contributed by atoms with Gasteiger partial charge in [-0.15, -0.1) is 0 Å². The van der Waals surface area contributed by atoms with Gasteiger partial charge in [0.25, 0.3) is 0 Å². The summed E-state index contributed by atoms with van der Waals surface area (Å²) in [4.78, 5) is 14.6. The number of aromatic amines is 1. The van der Waals surface area contributed by atoms with Gasteiger partial charge in [-0.25, -0.2) is 9.18 Å². The summed E-state index contributed by atoms with van der Waals surface area (Å²) < 4.78 is 17.8. The third-order valence-electron chi connectivity index (χ3n) is 6.79. The van der Waals surface area contributed by atoms with E-state index in [9.17, 15) is 14.3 Å². The molecule has 0 saturated heterocycles. The Kier molecular flexibility index (Phi) is 5.61. The number of imidazole rings is 1. The summed E-state index contributed by atoms with van der Waals surface area (Å²) in [6.07, 6.45) is 10.3. The summed E-state index contributed by atoms with van der Waals surface area (Å²) in [5.41, 5.74) is 3.88. The second kappa shape index (κ2) is 8.97. The van der Waals surface area contributed by atoms with Gasteiger partial charge in [0.1, 0.15) is 11.6 Å². The van der Waals surface area contributed by atoms with Gasteiger partial charge in [-0.1, -0.05) is 29.8 Å². The average molecular weight is 516 g/mol. The van der Waals surface area contributed by atoms with Crippen molar-refractivity contribution in [2.24, 2.45) is 7.05 Å². The molecule has 5 aromatic rings. The Morgan fingerprint density at radius 2 is 1.84 bits per heavy atom. The number of nitrogens with one attached hydrogen (secondary N) is 1. The van der Waals surface area contributed by atoms with E-state index in [0.717, 1.165) is 36.1 Å². The number of nitrogens with zero attached hydrogens (tertiary/aromatic N) is 4. The Labute approximate surface area is 216 Å². The maximum absolute atomic E-state index is 15.0. The fourth-order valence-electron chi connectivity index (χ4n) is 4.87. The highest BCUT2D eigenvalue weighted by Gasteiger charge is 2.19. The molecule has 0 radical (unpaired) electrons. The predicted octanol–water partition coefficient (Wildman–Crippen LogP) is 5.65. The third kappa shape index (κ3) is 3.99. The molecule has 37 heavy (non-hydrogen) atoms. The van der Waals surface area contributed by atoms with Gasteiger partial charge in [0.15, 0.2) is 0 Å². The molecule has 0 aliphatic carbocycles. The maximum atomic E-state index is 15.0. The van der Waals surface area contributed by atoms with Crippen LogP contribution in [0.2, 0.25) is 5.02 Å². The molecule has 0 unspecified atom stereocenters. The maximum Gasteiger partial charge on any atom is 0.332 e. The highest BCUT2D eigenvalue weighted by Crippen LogP contribution is 2.42. The predicted molar refractivity (Wildman–Crippen MR) is 144 cm³/mol. The zero-order chi connectivity index (χ0) is 25.7. The van der Waals surface area contributed by atoms with Crippen LogP contribution in [0.1, 0.15) is 6.42 Å². The molecule has 0 spiro atoms. The van der Waals surface area contributed by atoms with Crippen LogP contribution in [0.5, 0.6) is 5.75 Å². The molecule has 3 heterocycles. The Bertz CT molecular complexity index is 1750. The van der Waals surface area contributed by atoms with Gasteiger partial charge in [-0.05, 0) is 53.9 Å². The first-order chi connectivity index (χ1) is 17.9. The van der Waals surface area contributed by atoms with Crippen molar-refractivity contribution in [2.45, 2.75) is 6.42 Å². The highest BCUT2D eigenvalue weighted by molar-refractivity contribution is 6.32. The van der Waals surface area contributed by atoms with Crippen LogP contribution in [0.25, 0.3) is 38.8 Å². The van der Waals surface area contributed by atoms with Gasteiger partial charge < -0.3 is 14.6 Å². The van der Waals surface area contributed by atoms with Crippen molar-refractivity contribution < 1.29 is 9.50 Å². The molecule has 0 bridgehead atoms. The normalized spacial score (nSPS) is 13.5. The largest absolute Gasteiger partial charge is 0.507 e. The number of hydrogen-bond acceptors (Lipinski definition) is 4. The van der Waals surface area contributed by atoms with Crippen LogP contribution in [0.3, 0.4) is 0 Å². The molecule has 7 nitrogen and oxygen atoms in total. The van der Waals surface area contributed by atoms with Gasteiger partial charge in [0.05, 0.1) is 22.4 Å². The quantitative estimate of drug-likeness (QED) is 0.303. The molecule has 3 aromatic carbocycles. The number of aryl methyl sites for hydroxylation is 1. The molecule has 0 amide bonds. The van der Waals surface area contributed by atoms with E-state index in [4.69, 9.17) is 11.6 Å². The minimum atomic E-state index is -0.491. The van der Waals surface area contributed by atoms with E-state index in [2.05, 4.69) is 27.2 Å². The molecule has 0 atom stereocenters. The SMILES string of the molecule is Cn1ccn(-c2ccc(-c3cc(F)cc(-c4cc(N5CC=CCC5)c5cn[nH]c5c4)c3O)cc2Cl)c1=O. The van der Waals surface area contributed by atoms with E-state index in [-0.39, 0.29) is 11.4 Å². The Morgan fingerprint density at radius 1 is 1.03 bits per heavy atom. The fraction of sp³-hybridized carbons (Fsp3) is 0.143. The van der Waals surface area contributed by atoms with Gasteiger partial charge >= 0.3 is 5.69 Å². The highest BCUT2D eigenvalue weighted by atomic mass is 35.5. The summed E-state index contributed by atoms with van der Waals surface area (Å²) in [6, 6.07) is 11.5. The van der Waals surface area contributed by atoms with Gasteiger partial charge in [-0.3, -0.25) is 9.67 Å². The van der Waals surface area contributed by atoms with Crippen LogP contribution in [-0.2, 0) is 7.05 Å². The van der Waals surface area contributed by atoms with E-state index in [1.165, 1.54) is 21.3 Å². The van der Waals surface area contributed by atoms with Crippen molar-refractivity contribution in [2.75, 3.05) is 18.0 Å². The lowest BCUT2D eigenvalue weighted by molar-refractivity contribution is 0.477. The van der Waals surface area contributed by atoms with E-state index >= 15 is 0 Å². The average Bonchev–Trinajstić information content (AvgIpc) is 3.51. The van der Waals surface area contributed by atoms with Crippen LogP contribution in [-0.4, -0.2) is 37.5 Å². The van der Waals surface area contributed by atoms with E-state index in [0.29, 0.717) is 33.0 Å². The second-order valence-corrected chi connectivity index (χ2v) is 9.52. The Balaban J connectivity index is 1.47. The first kappa shape index (κ1) is 23.1. The summed E-state index contributed by atoms with van der Waals surface area (Å²) in [7, 11) is 1.65. The smallest absolute Gasteiger partial charge is 0.332 e. The number of H-pyrrole nitrogens is 1. The minimum absolute atomic E-state index is 0.0644. The molecule has 1 aliphatic heterocycles. The third-order valence-corrected chi connectivity index (χ3v) is 7.09. The molecule has 9 heteroatoms. The molecule has 0 saturated carbocycles. The summed E-state index contributed by atoms with van der Waals surface area (Å²) in [5.74, 6) is -0.556. The number of rotatable bonds is 4. The van der Waals surface area contributed by atoms with E-state index in [1.807, 2.05) is 12.1 Å². The van der Waals surface area contributed by atoms with Crippen molar-refractivity contribution in [1.29, 1.82) is 0 Å². The topological polar surface area (TPSA) is 79.1 Å². The molecule has 1 aliphatic rings. The van der Waals surface area contributed by atoms with Crippen molar-refractivity contribution in [1.82, 2.24) is 19.3 Å². The number of aromatic hydroxyl groups is 1. The Hall–Kier alpha value is -4.30. The molecule has 6 rings (SSSR count). The minimum Gasteiger partial charge on any atom is -0.507 e. The van der Waals surface area contributed by atoms with Crippen LogP contribution in [0, 0.1) is 5.82 Å². The monoisotopic (exact) mass is 515 g/mol. The lowest BCUT2D eigenvalue weighted by Gasteiger charge is -2.27. The fourth-order valence-corrected chi connectivity index (χ4v) is 5.14. The number of fused-ring (bicyclic) bond motifs is 1. The number of halogens is 2. The van der Waals surface area contributed by atoms with Crippen molar-refractivity contribution in [3.63, 3.8) is 0 Å². The Morgan fingerprint density at radius 3 is 2.54 bits per heavy atom. The number of benzene rings is 3. The van der Waals surface area contributed by atoms with Crippen molar-refractivity contribution in [3.8, 4) is 33.7 Å². The number of phenolic OH excluding ortho intramolecular Hbond substituents is 1. The van der Waals surface area contributed by atoms with Crippen molar-refractivity contribution >= 4 is 28.2 Å². The van der Waals surface area contributed by atoms with Crippen LogP contribution < -0.4 is 10.6 Å². The summed E-state index contributed by atoms with van der Waals surface area (Å²) >= 11 is 6.54. The van der Waals surface area contributed by atoms with Crippen LogP contribution in [0.15, 0.2) is 78.0 Å². The molecule has 0 fully saturated rings. The first-order valence-electron chi connectivity index (χ1n) is 11.8. The molecule has 2 N–H and O–H groups in total. The summed E-state index contributed by atoms with van der Waals surface area (Å²) in [6.45, 7) is 1.62. The van der Waals surface area contributed by atoms with E-state index in [1.54, 1.807) is 43.8 Å². The lowest BCUT2D eigenvalue weighted by Crippen LogP contribution is -2.26. The molecule has 186 valence electrons. The van der Waals surface area contributed by atoms with Crippen LogP contribution in [0.4, 0.5) is 10.1 Å². The number of hydrogen-bond donors (Lipinski definition) is 2. The second-order valence-electron chi connectivity index (χ2n) is 9.11. The number of aromatic nitrogens is 4. The number of phenols is 1. The molecule has 2 aromatic heterocycles. The zero-order valence-corrected chi connectivity index (χ0v) is 20.7. The standard InChI is InChI=1S/C28H23ClFN5O2/c1-33-9-10-35(28(33)37)25-6-5-17(11-23(25)29)20-14-19(30)15-21(27(20)36)18-12-24-22(16-31-32-24)26(13-18)34-7-3-2-4-8-34/h2-3,5-6,9-16,36H,4,7-8H2,1H3,(H,31,32). The summed E-state index contributed by atoms with van der Waals surface area (Å²) in [5, 5.41) is 19.8. The zero-order valence-electron chi connectivity index (χ0n) is 19.9. The molecular formula is C28H23ClFN5O2. The lowest BCUT2D eigenvalue weighted by atomic mass is 9.95. The van der Waals surface area contributed by atoms with Crippen LogP contribution >= 0.6 is 11.6 Å². The van der Waals surface area contributed by atoms with Crippen molar-refractivity contribution in [3.05, 3.63) is 94.5 Å². The van der Waals surface area contributed by atoms with Gasteiger partial charge in [0, 0.05) is 54.7 Å². The first-order valence-corrected chi connectivity index (χ1v) is 12.2. The molecular weight excluding hydrogens is 493 g/mol. The van der Waals surface area contributed by atoms with Gasteiger partial charge in [0.2, 0.25) is 0 Å². The van der Waals surface area contributed by atoms with Gasteiger partial charge in [-0.2, -0.15) is 5.10 Å².